The van der Waals surface area contributed by atoms with Crippen molar-refractivity contribution in [2.45, 2.75) is 25.8 Å². The fourth-order valence-corrected chi connectivity index (χ4v) is 1.47. The molecular formula is C10H13BrFN. The Morgan fingerprint density at radius 2 is 2.23 bits per heavy atom. The SMILES string of the molecule is CCCC(N)c1ccc(Br)c(F)c1. The number of halogens is 2. The van der Waals surface area contributed by atoms with Crippen molar-refractivity contribution in [2.24, 2.45) is 5.73 Å². The van der Waals surface area contributed by atoms with E-state index in [1.54, 1.807) is 6.07 Å². The summed E-state index contributed by atoms with van der Waals surface area (Å²) >= 11 is 3.10. The van der Waals surface area contributed by atoms with Crippen molar-refractivity contribution in [1.29, 1.82) is 0 Å². The molecule has 1 nitrogen and oxygen atoms in total. The van der Waals surface area contributed by atoms with E-state index in [2.05, 4.69) is 22.9 Å². The van der Waals surface area contributed by atoms with Crippen LogP contribution in [-0.2, 0) is 0 Å². The van der Waals surface area contributed by atoms with E-state index in [-0.39, 0.29) is 11.9 Å². The average molecular weight is 246 g/mol. The molecule has 1 rings (SSSR count). The van der Waals surface area contributed by atoms with Crippen molar-refractivity contribution in [3.05, 3.63) is 34.1 Å². The van der Waals surface area contributed by atoms with Gasteiger partial charge in [0.1, 0.15) is 5.82 Å². The van der Waals surface area contributed by atoms with Gasteiger partial charge in [0.2, 0.25) is 0 Å². The highest BCUT2D eigenvalue weighted by Crippen LogP contribution is 2.21. The zero-order chi connectivity index (χ0) is 9.84. The third-order valence-electron chi connectivity index (χ3n) is 1.97. The zero-order valence-electron chi connectivity index (χ0n) is 7.56. The molecule has 2 N–H and O–H groups in total. The molecule has 0 amide bonds. The van der Waals surface area contributed by atoms with Gasteiger partial charge in [-0.3, -0.25) is 0 Å². The molecule has 0 aliphatic heterocycles. The van der Waals surface area contributed by atoms with Crippen LogP contribution >= 0.6 is 15.9 Å². The Morgan fingerprint density at radius 1 is 1.54 bits per heavy atom. The summed E-state index contributed by atoms with van der Waals surface area (Å²) in [6.45, 7) is 2.06. The third kappa shape index (κ3) is 2.78. The van der Waals surface area contributed by atoms with Gasteiger partial charge in [-0.1, -0.05) is 19.4 Å². The summed E-state index contributed by atoms with van der Waals surface area (Å²) < 4.78 is 13.6. The van der Waals surface area contributed by atoms with Gasteiger partial charge < -0.3 is 5.73 Å². The van der Waals surface area contributed by atoms with Crippen LogP contribution < -0.4 is 5.73 Å². The predicted molar refractivity (Wildman–Crippen MR) is 55.9 cm³/mol. The molecule has 1 aromatic rings. The summed E-state index contributed by atoms with van der Waals surface area (Å²) in [6.07, 6.45) is 1.90. The third-order valence-corrected chi connectivity index (χ3v) is 2.61. The van der Waals surface area contributed by atoms with E-state index in [0.717, 1.165) is 18.4 Å². The van der Waals surface area contributed by atoms with Gasteiger partial charge in [0.15, 0.2) is 0 Å². The molecule has 0 radical (unpaired) electrons. The second-order valence-corrected chi connectivity index (χ2v) is 3.92. The van der Waals surface area contributed by atoms with Crippen molar-refractivity contribution in [3.8, 4) is 0 Å². The first kappa shape index (κ1) is 10.7. The Labute approximate surface area is 86.3 Å². The number of hydrogen-bond acceptors (Lipinski definition) is 1. The molecule has 0 bridgehead atoms. The largest absolute Gasteiger partial charge is 0.324 e. The normalized spacial score (nSPS) is 12.9. The zero-order valence-corrected chi connectivity index (χ0v) is 9.14. The molecule has 13 heavy (non-hydrogen) atoms. The van der Waals surface area contributed by atoms with Crippen LogP contribution in [0.4, 0.5) is 4.39 Å². The Balaban J connectivity index is 2.84. The van der Waals surface area contributed by atoms with Crippen LogP contribution in [0, 0.1) is 5.82 Å². The molecule has 0 saturated carbocycles. The molecule has 1 atom stereocenters. The minimum Gasteiger partial charge on any atom is -0.324 e. The highest BCUT2D eigenvalue weighted by molar-refractivity contribution is 9.10. The Morgan fingerprint density at radius 3 is 2.77 bits per heavy atom. The molecule has 0 spiro atoms. The van der Waals surface area contributed by atoms with Gasteiger partial charge in [-0.15, -0.1) is 0 Å². The second kappa shape index (κ2) is 4.72. The van der Waals surface area contributed by atoms with Gasteiger partial charge >= 0.3 is 0 Å². The molecular weight excluding hydrogens is 233 g/mol. The van der Waals surface area contributed by atoms with Crippen LogP contribution in [0.1, 0.15) is 31.4 Å². The smallest absolute Gasteiger partial charge is 0.137 e. The maximum Gasteiger partial charge on any atom is 0.137 e. The summed E-state index contributed by atoms with van der Waals surface area (Å²) in [5.41, 5.74) is 6.71. The molecule has 0 aliphatic rings. The fraction of sp³-hybridized carbons (Fsp3) is 0.400. The molecule has 0 fully saturated rings. The van der Waals surface area contributed by atoms with E-state index in [9.17, 15) is 4.39 Å². The van der Waals surface area contributed by atoms with E-state index in [4.69, 9.17) is 5.73 Å². The lowest BCUT2D eigenvalue weighted by atomic mass is 10.0. The average Bonchev–Trinajstić information content (AvgIpc) is 2.10. The van der Waals surface area contributed by atoms with Crippen molar-refractivity contribution in [3.63, 3.8) is 0 Å². The number of benzene rings is 1. The quantitative estimate of drug-likeness (QED) is 0.869. The second-order valence-electron chi connectivity index (χ2n) is 3.07. The lowest BCUT2D eigenvalue weighted by Crippen LogP contribution is -2.09. The first-order valence-corrected chi connectivity index (χ1v) is 5.15. The summed E-state index contributed by atoms with van der Waals surface area (Å²) in [5.74, 6) is -0.246. The van der Waals surface area contributed by atoms with Gasteiger partial charge in [-0.25, -0.2) is 4.39 Å². The summed E-state index contributed by atoms with van der Waals surface area (Å²) in [5, 5.41) is 0. The summed E-state index contributed by atoms with van der Waals surface area (Å²) in [4.78, 5) is 0. The van der Waals surface area contributed by atoms with Crippen molar-refractivity contribution >= 4 is 15.9 Å². The standard InChI is InChI=1S/C10H13BrFN/c1-2-3-10(13)7-4-5-8(11)9(12)6-7/h4-6,10H,2-3,13H2,1H3. The maximum absolute atomic E-state index is 13.1. The van der Waals surface area contributed by atoms with E-state index < -0.39 is 0 Å². The van der Waals surface area contributed by atoms with Crippen LogP contribution in [-0.4, -0.2) is 0 Å². The monoisotopic (exact) mass is 245 g/mol. The van der Waals surface area contributed by atoms with E-state index >= 15 is 0 Å². The highest BCUT2D eigenvalue weighted by atomic mass is 79.9. The molecule has 3 heteroatoms. The minimum atomic E-state index is -0.246. The molecule has 1 unspecified atom stereocenters. The predicted octanol–water partition coefficient (Wildman–Crippen LogP) is 3.39. The maximum atomic E-state index is 13.1. The number of rotatable bonds is 3. The van der Waals surface area contributed by atoms with Crippen LogP contribution in [0.3, 0.4) is 0 Å². The van der Waals surface area contributed by atoms with Gasteiger partial charge in [0.05, 0.1) is 4.47 Å². The highest BCUT2D eigenvalue weighted by Gasteiger charge is 2.07. The first-order chi connectivity index (χ1) is 6.15. The Bertz CT molecular complexity index is 288. The van der Waals surface area contributed by atoms with Gasteiger partial charge in [0, 0.05) is 6.04 Å². The molecule has 1 aromatic carbocycles. The molecule has 0 saturated heterocycles. The first-order valence-electron chi connectivity index (χ1n) is 4.35. The molecule has 0 aromatic heterocycles. The van der Waals surface area contributed by atoms with Crippen molar-refractivity contribution < 1.29 is 4.39 Å². The number of hydrogen-bond donors (Lipinski definition) is 1. The van der Waals surface area contributed by atoms with E-state index in [1.165, 1.54) is 6.07 Å². The van der Waals surface area contributed by atoms with Crippen molar-refractivity contribution in [1.82, 2.24) is 0 Å². The summed E-state index contributed by atoms with van der Waals surface area (Å²) in [7, 11) is 0. The molecule has 0 aliphatic carbocycles. The lowest BCUT2D eigenvalue weighted by Gasteiger charge is -2.10. The molecule has 72 valence electrons. The van der Waals surface area contributed by atoms with Crippen LogP contribution in [0.5, 0.6) is 0 Å². The lowest BCUT2D eigenvalue weighted by molar-refractivity contribution is 0.600. The minimum absolute atomic E-state index is 0.0485. The topological polar surface area (TPSA) is 26.0 Å². The van der Waals surface area contributed by atoms with Gasteiger partial charge in [-0.2, -0.15) is 0 Å². The Hall–Kier alpha value is -0.410. The van der Waals surface area contributed by atoms with Crippen LogP contribution in [0.25, 0.3) is 0 Å². The van der Waals surface area contributed by atoms with Crippen LogP contribution in [0.2, 0.25) is 0 Å². The van der Waals surface area contributed by atoms with E-state index in [1.807, 2.05) is 6.07 Å². The van der Waals surface area contributed by atoms with E-state index in [0.29, 0.717) is 4.47 Å². The van der Waals surface area contributed by atoms with Crippen LogP contribution in [0.15, 0.2) is 22.7 Å². The van der Waals surface area contributed by atoms with Gasteiger partial charge in [0.25, 0.3) is 0 Å². The van der Waals surface area contributed by atoms with Crippen molar-refractivity contribution in [2.75, 3.05) is 0 Å². The molecule has 0 heterocycles. The Kier molecular flexibility index (Phi) is 3.88. The number of nitrogens with two attached hydrogens (primary N) is 1. The van der Waals surface area contributed by atoms with Gasteiger partial charge in [-0.05, 0) is 40.0 Å². The summed E-state index contributed by atoms with van der Waals surface area (Å²) in [6, 6.07) is 4.99. The fourth-order valence-electron chi connectivity index (χ4n) is 1.22.